The second-order valence-electron chi connectivity index (χ2n) is 9.27. The van der Waals surface area contributed by atoms with Gasteiger partial charge in [-0.1, -0.05) is 0 Å². The molecule has 1 saturated heterocycles. The van der Waals surface area contributed by atoms with Gasteiger partial charge in [0, 0.05) is 47.7 Å². The lowest BCUT2D eigenvalue weighted by atomic mass is 10.1. The molecule has 3 N–H and O–H groups in total. The molecule has 0 spiro atoms. The molecule has 10 heteroatoms. The van der Waals surface area contributed by atoms with E-state index < -0.39 is 22.8 Å². The maximum absolute atomic E-state index is 15.5. The minimum Gasteiger partial charge on any atom is -0.508 e. The molecule has 3 aromatic heterocycles. The number of aromatic amines is 1. The molecule has 192 valence electrons. The van der Waals surface area contributed by atoms with Gasteiger partial charge >= 0.3 is 5.97 Å². The van der Waals surface area contributed by atoms with Crippen molar-refractivity contribution in [3.63, 3.8) is 0 Å². The minimum atomic E-state index is -1.41. The van der Waals surface area contributed by atoms with E-state index in [1.165, 1.54) is 22.9 Å². The number of carboxylic acids is 1. The number of hydrogen-bond donors (Lipinski definition) is 3. The number of rotatable bonds is 6. The molecule has 0 saturated carbocycles. The topological polar surface area (TPSA) is 121 Å². The standard InChI is InChI=1S/C28H23FN4O5/c29-22-10-20-24(33(14-21(27(20)35)28(36)37)17-3-5-19(34)6-4-17)12-25(22)32-9-1-2-18(32)15-38-26-11-23-16(13-31-26)7-8-30-23/h3-8,10-14,18,30,34H,1-2,9,15H2,(H,36,37)/t18-/m1/s1. The average molecular weight is 515 g/mol. The number of carbonyl (C=O) groups is 1. The Kier molecular flexibility index (Phi) is 5.71. The van der Waals surface area contributed by atoms with Gasteiger partial charge < -0.3 is 29.4 Å². The number of benzene rings is 2. The highest BCUT2D eigenvalue weighted by atomic mass is 19.1. The molecule has 9 nitrogen and oxygen atoms in total. The van der Waals surface area contributed by atoms with Crippen molar-refractivity contribution < 1.29 is 24.1 Å². The summed E-state index contributed by atoms with van der Waals surface area (Å²) in [7, 11) is 0. The van der Waals surface area contributed by atoms with Crippen LogP contribution in [-0.2, 0) is 0 Å². The van der Waals surface area contributed by atoms with E-state index in [1.54, 1.807) is 24.4 Å². The number of anilines is 1. The van der Waals surface area contributed by atoms with Crippen molar-refractivity contribution in [1.29, 1.82) is 0 Å². The van der Waals surface area contributed by atoms with Crippen LogP contribution < -0.4 is 15.1 Å². The Balaban J connectivity index is 1.39. The van der Waals surface area contributed by atoms with Crippen molar-refractivity contribution in [2.75, 3.05) is 18.1 Å². The lowest BCUT2D eigenvalue weighted by molar-refractivity contribution is 0.0695. The molecule has 38 heavy (non-hydrogen) atoms. The SMILES string of the molecule is O=C(O)c1cn(-c2ccc(O)cc2)c2cc(N3CCC[C@@H]3COc3cc4[nH]ccc4cn3)c(F)cc2c1=O. The number of phenolic OH excluding ortho intramolecular Hbond substituents is 1. The van der Waals surface area contributed by atoms with Crippen LogP contribution in [0.25, 0.3) is 27.5 Å². The van der Waals surface area contributed by atoms with Crippen molar-refractivity contribution in [2.45, 2.75) is 18.9 Å². The van der Waals surface area contributed by atoms with Crippen molar-refractivity contribution in [1.82, 2.24) is 14.5 Å². The third-order valence-electron chi connectivity index (χ3n) is 6.95. The van der Waals surface area contributed by atoms with Crippen molar-refractivity contribution in [3.8, 4) is 17.3 Å². The van der Waals surface area contributed by atoms with E-state index in [0.717, 1.165) is 29.8 Å². The predicted octanol–water partition coefficient (Wildman–Crippen LogP) is 4.46. The van der Waals surface area contributed by atoms with Crippen LogP contribution >= 0.6 is 0 Å². The molecular weight excluding hydrogens is 491 g/mol. The number of ether oxygens (including phenoxy) is 1. The number of aromatic hydroxyl groups is 1. The van der Waals surface area contributed by atoms with Crippen LogP contribution in [0, 0.1) is 5.82 Å². The van der Waals surface area contributed by atoms with Crippen LogP contribution in [-0.4, -0.2) is 49.9 Å². The van der Waals surface area contributed by atoms with E-state index in [4.69, 9.17) is 4.74 Å². The van der Waals surface area contributed by atoms with Gasteiger partial charge in [0.15, 0.2) is 0 Å². The number of halogens is 1. The second-order valence-corrected chi connectivity index (χ2v) is 9.27. The van der Waals surface area contributed by atoms with Gasteiger partial charge in [-0.2, -0.15) is 0 Å². The summed E-state index contributed by atoms with van der Waals surface area (Å²) in [5.41, 5.74) is 0.836. The number of phenols is 1. The van der Waals surface area contributed by atoms with Crippen LogP contribution in [0.4, 0.5) is 10.1 Å². The number of aromatic carboxylic acids is 1. The average Bonchev–Trinajstić information content (AvgIpc) is 3.57. The Hall–Kier alpha value is -4.86. The van der Waals surface area contributed by atoms with E-state index in [-0.39, 0.29) is 17.2 Å². The highest BCUT2D eigenvalue weighted by Crippen LogP contribution is 2.32. The number of nitrogens with zero attached hydrogens (tertiary/aromatic N) is 3. The number of nitrogens with one attached hydrogen (secondary N) is 1. The van der Waals surface area contributed by atoms with E-state index >= 15 is 4.39 Å². The molecule has 1 aliphatic rings. The Morgan fingerprint density at radius 1 is 1.18 bits per heavy atom. The van der Waals surface area contributed by atoms with Gasteiger partial charge in [0.25, 0.3) is 0 Å². The predicted molar refractivity (Wildman–Crippen MR) is 140 cm³/mol. The first-order valence-corrected chi connectivity index (χ1v) is 12.1. The number of aromatic nitrogens is 3. The number of pyridine rings is 2. The molecule has 0 unspecified atom stereocenters. The smallest absolute Gasteiger partial charge is 0.341 e. The first-order chi connectivity index (χ1) is 18.4. The van der Waals surface area contributed by atoms with Gasteiger partial charge in [-0.3, -0.25) is 4.79 Å². The molecule has 1 atom stereocenters. The number of fused-ring (bicyclic) bond motifs is 2. The van der Waals surface area contributed by atoms with Crippen LogP contribution in [0.5, 0.6) is 11.6 Å². The van der Waals surface area contributed by atoms with Crippen molar-refractivity contribution >= 4 is 33.5 Å². The summed E-state index contributed by atoms with van der Waals surface area (Å²) in [6.07, 6.45) is 6.40. The molecule has 0 bridgehead atoms. The lowest BCUT2D eigenvalue weighted by Crippen LogP contribution is -2.35. The third-order valence-corrected chi connectivity index (χ3v) is 6.95. The lowest BCUT2D eigenvalue weighted by Gasteiger charge is -2.27. The van der Waals surface area contributed by atoms with Gasteiger partial charge in [-0.25, -0.2) is 14.2 Å². The minimum absolute atomic E-state index is 0.0362. The first-order valence-electron chi connectivity index (χ1n) is 12.1. The molecule has 5 aromatic rings. The largest absolute Gasteiger partial charge is 0.508 e. The molecule has 2 aromatic carbocycles. The van der Waals surface area contributed by atoms with Crippen molar-refractivity contribution in [2.24, 2.45) is 0 Å². The van der Waals surface area contributed by atoms with Crippen LogP contribution in [0.3, 0.4) is 0 Å². The quantitative estimate of drug-likeness (QED) is 0.306. The van der Waals surface area contributed by atoms with Gasteiger partial charge in [-0.15, -0.1) is 0 Å². The number of hydrogen-bond acceptors (Lipinski definition) is 6. The molecule has 1 fully saturated rings. The Morgan fingerprint density at radius 3 is 2.79 bits per heavy atom. The molecule has 6 rings (SSSR count). The zero-order valence-corrected chi connectivity index (χ0v) is 20.1. The van der Waals surface area contributed by atoms with Gasteiger partial charge in [0.2, 0.25) is 11.3 Å². The summed E-state index contributed by atoms with van der Waals surface area (Å²) >= 11 is 0. The molecular formula is C28H23FN4O5. The van der Waals surface area contributed by atoms with E-state index in [1.807, 2.05) is 23.2 Å². The normalized spacial score (nSPS) is 15.4. The second kappa shape index (κ2) is 9.22. The Bertz CT molecular complexity index is 1740. The Morgan fingerprint density at radius 2 is 2.00 bits per heavy atom. The Labute approximate surface area is 215 Å². The molecule has 1 aliphatic heterocycles. The third kappa shape index (κ3) is 4.09. The maximum Gasteiger partial charge on any atom is 0.341 e. The van der Waals surface area contributed by atoms with E-state index in [2.05, 4.69) is 9.97 Å². The molecule has 0 radical (unpaired) electrons. The molecule has 0 amide bonds. The zero-order valence-electron chi connectivity index (χ0n) is 20.1. The first kappa shape index (κ1) is 23.5. The summed E-state index contributed by atoms with van der Waals surface area (Å²) in [6.45, 7) is 0.885. The molecule has 0 aliphatic carbocycles. The zero-order chi connectivity index (χ0) is 26.4. The summed E-state index contributed by atoms with van der Waals surface area (Å²) in [5.74, 6) is -1.52. The van der Waals surface area contributed by atoms with E-state index in [0.29, 0.717) is 35.9 Å². The summed E-state index contributed by atoms with van der Waals surface area (Å²) < 4.78 is 23.0. The van der Waals surface area contributed by atoms with Crippen molar-refractivity contribution in [3.05, 3.63) is 88.7 Å². The monoisotopic (exact) mass is 514 g/mol. The van der Waals surface area contributed by atoms with E-state index in [9.17, 15) is 19.8 Å². The van der Waals surface area contributed by atoms with Crippen LogP contribution in [0.15, 0.2) is 71.9 Å². The summed E-state index contributed by atoms with van der Waals surface area (Å²) in [4.78, 5) is 34.1. The highest BCUT2D eigenvalue weighted by molar-refractivity contribution is 5.94. The van der Waals surface area contributed by atoms with Crippen LogP contribution in [0.1, 0.15) is 23.2 Å². The molecule has 4 heterocycles. The fraction of sp³-hybridized carbons (Fsp3) is 0.179. The fourth-order valence-corrected chi connectivity index (χ4v) is 5.05. The highest BCUT2D eigenvalue weighted by Gasteiger charge is 2.29. The summed E-state index contributed by atoms with van der Waals surface area (Å²) in [6, 6.07) is 12.4. The van der Waals surface area contributed by atoms with Crippen LogP contribution in [0.2, 0.25) is 0 Å². The van der Waals surface area contributed by atoms with Gasteiger partial charge in [-0.05, 0) is 55.3 Å². The van der Waals surface area contributed by atoms with Gasteiger partial charge in [0.1, 0.15) is 23.7 Å². The fourth-order valence-electron chi connectivity index (χ4n) is 5.05. The maximum atomic E-state index is 15.5. The van der Waals surface area contributed by atoms with Gasteiger partial charge in [0.05, 0.1) is 22.8 Å². The summed E-state index contributed by atoms with van der Waals surface area (Å²) in [5, 5.41) is 20.2. The number of carboxylic acid groups (broad SMARTS) is 1. The number of H-pyrrole nitrogens is 1.